The van der Waals surface area contributed by atoms with Crippen LogP contribution in [0.3, 0.4) is 0 Å². The summed E-state index contributed by atoms with van der Waals surface area (Å²) in [6, 6.07) is 21.1. The average Bonchev–Trinajstić information content (AvgIpc) is 2.76. The summed E-state index contributed by atoms with van der Waals surface area (Å²) in [6.07, 6.45) is 0. The predicted octanol–water partition coefficient (Wildman–Crippen LogP) is 5.22. The van der Waals surface area contributed by atoms with E-state index in [4.69, 9.17) is 11.6 Å². The minimum Gasteiger partial charge on any atom is -0.348 e. The molecule has 4 rings (SSSR count). The fourth-order valence-electron chi connectivity index (χ4n) is 3.30. The molecule has 6 heteroatoms. The molecule has 0 saturated heterocycles. The fourth-order valence-corrected chi connectivity index (χ4v) is 4.42. The van der Waals surface area contributed by atoms with E-state index in [1.165, 1.54) is 17.3 Å². The molecule has 2 amide bonds. The van der Waals surface area contributed by atoms with Crippen molar-refractivity contribution >= 4 is 40.9 Å². The topological polar surface area (TPSA) is 49.4 Å². The van der Waals surface area contributed by atoms with Crippen LogP contribution >= 0.6 is 23.4 Å². The molecule has 0 aliphatic carbocycles. The van der Waals surface area contributed by atoms with Crippen molar-refractivity contribution in [3.8, 4) is 0 Å². The minimum absolute atomic E-state index is 0.00429. The van der Waals surface area contributed by atoms with E-state index >= 15 is 0 Å². The van der Waals surface area contributed by atoms with Gasteiger partial charge in [-0.2, -0.15) is 0 Å². The summed E-state index contributed by atoms with van der Waals surface area (Å²) in [5.74, 6) is 0.208. The molecule has 1 aliphatic rings. The van der Waals surface area contributed by atoms with E-state index in [2.05, 4.69) is 5.32 Å². The lowest BCUT2D eigenvalue weighted by Crippen LogP contribution is -2.35. The second-order valence-electron chi connectivity index (χ2n) is 7.21. The molecule has 3 aromatic carbocycles. The van der Waals surface area contributed by atoms with Crippen LogP contribution in [0, 0.1) is 6.92 Å². The number of nitrogens with one attached hydrogen (secondary N) is 1. The Morgan fingerprint density at radius 3 is 2.63 bits per heavy atom. The van der Waals surface area contributed by atoms with Crippen molar-refractivity contribution in [2.45, 2.75) is 24.9 Å². The maximum atomic E-state index is 12.7. The maximum absolute atomic E-state index is 12.7. The highest BCUT2D eigenvalue weighted by Gasteiger charge is 2.26. The molecule has 0 fully saturated rings. The van der Waals surface area contributed by atoms with Crippen LogP contribution in [-0.2, 0) is 17.9 Å². The van der Waals surface area contributed by atoms with E-state index in [1.807, 2.05) is 61.5 Å². The molecule has 0 saturated carbocycles. The van der Waals surface area contributed by atoms with Crippen molar-refractivity contribution in [1.82, 2.24) is 5.32 Å². The molecule has 0 radical (unpaired) electrons. The summed E-state index contributed by atoms with van der Waals surface area (Å²) in [5.41, 5.74) is 4.37. The SMILES string of the molecule is Cc1ccc(CNC(=O)c2ccc3c(c2)N(Cc2ccccc2Cl)C(=O)CS3)cc1. The minimum atomic E-state index is -0.168. The third kappa shape index (κ3) is 4.53. The lowest BCUT2D eigenvalue weighted by Gasteiger charge is -2.29. The zero-order valence-corrected chi connectivity index (χ0v) is 18.1. The fraction of sp³-hybridized carbons (Fsp3) is 0.167. The molecule has 1 aliphatic heterocycles. The highest BCUT2D eigenvalue weighted by Crippen LogP contribution is 2.37. The molecule has 1 N–H and O–H groups in total. The first-order valence-electron chi connectivity index (χ1n) is 9.65. The van der Waals surface area contributed by atoms with Crippen LogP contribution in [0.25, 0.3) is 0 Å². The standard InChI is InChI=1S/C24H21ClN2O2S/c1-16-6-8-17(9-7-16)13-26-24(29)18-10-11-22-21(12-18)27(23(28)15-30-22)14-19-4-2-3-5-20(19)25/h2-12H,13-15H2,1H3,(H,26,29). The number of thioether (sulfide) groups is 1. The third-order valence-electron chi connectivity index (χ3n) is 5.02. The van der Waals surface area contributed by atoms with E-state index in [0.717, 1.165) is 21.7 Å². The van der Waals surface area contributed by atoms with Crippen molar-refractivity contribution < 1.29 is 9.59 Å². The van der Waals surface area contributed by atoms with Gasteiger partial charge in [0.1, 0.15) is 0 Å². The summed E-state index contributed by atoms with van der Waals surface area (Å²) in [7, 11) is 0. The number of carbonyl (C=O) groups is 2. The van der Waals surface area contributed by atoms with Crippen LogP contribution in [0.4, 0.5) is 5.69 Å². The Hall–Kier alpha value is -2.76. The first-order chi connectivity index (χ1) is 14.5. The Kier molecular flexibility index (Phi) is 6.11. The third-order valence-corrected chi connectivity index (χ3v) is 6.44. The second kappa shape index (κ2) is 8.94. The van der Waals surface area contributed by atoms with Crippen LogP contribution in [-0.4, -0.2) is 17.6 Å². The van der Waals surface area contributed by atoms with Crippen molar-refractivity contribution in [2.24, 2.45) is 0 Å². The highest BCUT2D eigenvalue weighted by atomic mass is 35.5. The van der Waals surface area contributed by atoms with Gasteiger partial charge in [-0.3, -0.25) is 9.59 Å². The van der Waals surface area contributed by atoms with Gasteiger partial charge in [-0.05, 0) is 42.3 Å². The van der Waals surface area contributed by atoms with Crippen LogP contribution in [0.2, 0.25) is 5.02 Å². The monoisotopic (exact) mass is 436 g/mol. The second-order valence-corrected chi connectivity index (χ2v) is 8.64. The van der Waals surface area contributed by atoms with Gasteiger partial charge < -0.3 is 10.2 Å². The molecule has 0 aromatic heterocycles. The molecular formula is C24H21ClN2O2S. The van der Waals surface area contributed by atoms with E-state index < -0.39 is 0 Å². The predicted molar refractivity (Wildman–Crippen MR) is 122 cm³/mol. The summed E-state index contributed by atoms with van der Waals surface area (Å²) >= 11 is 7.79. The molecule has 152 valence electrons. The number of anilines is 1. The molecule has 0 spiro atoms. The van der Waals surface area contributed by atoms with Gasteiger partial charge in [0.15, 0.2) is 0 Å². The Morgan fingerprint density at radius 1 is 1.10 bits per heavy atom. The summed E-state index contributed by atoms with van der Waals surface area (Å²) < 4.78 is 0. The molecule has 0 bridgehead atoms. The number of fused-ring (bicyclic) bond motifs is 1. The van der Waals surface area contributed by atoms with E-state index in [0.29, 0.717) is 29.4 Å². The van der Waals surface area contributed by atoms with Gasteiger partial charge in [-0.1, -0.05) is 59.6 Å². The van der Waals surface area contributed by atoms with Crippen molar-refractivity contribution in [2.75, 3.05) is 10.7 Å². The lowest BCUT2D eigenvalue weighted by molar-refractivity contribution is -0.116. The number of nitrogens with zero attached hydrogens (tertiary/aromatic N) is 1. The Bertz CT molecular complexity index is 1100. The van der Waals surface area contributed by atoms with Gasteiger partial charge in [0.2, 0.25) is 5.91 Å². The van der Waals surface area contributed by atoms with Gasteiger partial charge in [-0.15, -0.1) is 11.8 Å². The zero-order chi connectivity index (χ0) is 21.1. The van der Waals surface area contributed by atoms with Gasteiger partial charge in [0, 0.05) is 22.0 Å². The van der Waals surface area contributed by atoms with E-state index in [9.17, 15) is 9.59 Å². The molecule has 1 heterocycles. The van der Waals surface area contributed by atoms with Gasteiger partial charge in [-0.25, -0.2) is 0 Å². The lowest BCUT2D eigenvalue weighted by atomic mass is 10.1. The first-order valence-corrected chi connectivity index (χ1v) is 11.0. The Labute approximate surface area is 185 Å². The van der Waals surface area contributed by atoms with Crippen LogP contribution in [0.1, 0.15) is 27.0 Å². The first kappa shape index (κ1) is 20.5. The number of rotatable bonds is 5. The molecular weight excluding hydrogens is 416 g/mol. The Morgan fingerprint density at radius 2 is 1.87 bits per heavy atom. The van der Waals surface area contributed by atoms with Crippen molar-refractivity contribution in [1.29, 1.82) is 0 Å². The van der Waals surface area contributed by atoms with E-state index in [-0.39, 0.29) is 11.8 Å². The molecule has 3 aromatic rings. The van der Waals surface area contributed by atoms with E-state index in [1.54, 1.807) is 17.0 Å². The number of halogens is 1. The van der Waals surface area contributed by atoms with Crippen LogP contribution in [0.5, 0.6) is 0 Å². The van der Waals surface area contributed by atoms with Gasteiger partial charge in [0.25, 0.3) is 5.91 Å². The van der Waals surface area contributed by atoms with Crippen molar-refractivity contribution in [3.05, 3.63) is 94.0 Å². The van der Waals surface area contributed by atoms with Gasteiger partial charge >= 0.3 is 0 Å². The molecule has 30 heavy (non-hydrogen) atoms. The quantitative estimate of drug-likeness (QED) is 0.596. The number of aryl methyl sites for hydroxylation is 1. The maximum Gasteiger partial charge on any atom is 0.251 e. The summed E-state index contributed by atoms with van der Waals surface area (Å²) in [6.45, 7) is 2.86. The number of hydrogen-bond acceptors (Lipinski definition) is 3. The number of hydrogen-bond donors (Lipinski definition) is 1. The Balaban J connectivity index is 1.55. The highest BCUT2D eigenvalue weighted by molar-refractivity contribution is 8.00. The number of carbonyl (C=O) groups excluding carboxylic acids is 2. The largest absolute Gasteiger partial charge is 0.348 e. The van der Waals surface area contributed by atoms with Crippen LogP contribution < -0.4 is 10.2 Å². The molecule has 4 nitrogen and oxygen atoms in total. The normalized spacial score (nSPS) is 13.1. The van der Waals surface area contributed by atoms with Crippen LogP contribution in [0.15, 0.2) is 71.6 Å². The summed E-state index contributed by atoms with van der Waals surface area (Å²) in [5, 5.41) is 3.58. The molecule has 0 unspecified atom stereocenters. The number of amides is 2. The van der Waals surface area contributed by atoms with Gasteiger partial charge in [0.05, 0.1) is 18.0 Å². The summed E-state index contributed by atoms with van der Waals surface area (Å²) in [4.78, 5) is 28.1. The average molecular weight is 437 g/mol. The zero-order valence-electron chi connectivity index (χ0n) is 16.5. The van der Waals surface area contributed by atoms with Crippen molar-refractivity contribution in [3.63, 3.8) is 0 Å². The smallest absolute Gasteiger partial charge is 0.251 e. The number of benzene rings is 3. The molecule has 0 atom stereocenters.